The molecule has 0 rings (SSSR count). The number of hydrogen-bond acceptors (Lipinski definition) is 6. The van der Waals surface area contributed by atoms with Gasteiger partial charge in [0, 0.05) is 19.3 Å². The molecule has 0 aromatic rings. The fourth-order valence-electron chi connectivity index (χ4n) is 7.90. The summed E-state index contributed by atoms with van der Waals surface area (Å²) in [5, 5.41) is 0. The molecule has 0 N–H and O–H groups in total. The third kappa shape index (κ3) is 58.4. The van der Waals surface area contributed by atoms with Gasteiger partial charge in [-0.2, -0.15) is 0 Å². The van der Waals surface area contributed by atoms with Crippen LogP contribution in [0, 0.1) is 0 Å². The Balaban J connectivity index is 4.33. The Morgan fingerprint density at radius 1 is 0.284 bits per heavy atom. The zero-order valence-electron chi connectivity index (χ0n) is 47.8. The molecule has 0 aliphatic rings. The maximum Gasteiger partial charge on any atom is 0.306 e. The molecule has 0 heterocycles. The predicted octanol–water partition coefficient (Wildman–Crippen LogP) is 20.6. The first-order valence-electron chi connectivity index (χ1n) is 30.2. The van der Waals surface area contributed by atoms with E-state index in [4.69, 9.17) is 14.2 Å². The summed E-state index contributed by atoms with van der Waals surface area (Å²) in [5.74, 6) is -0.936. The van der Waals surface area contributed by atoms with Gasteiger partial charge in [-0.3, -0.25) is 14.4 Å². The van der Waals surface area contributed by atoms with Crippen molar-refractivity contribution in [2.75, 3.05) is 13.2 Å². The van der Waals surface area contributed by atoms with Crippen molar-refractivity contribution >= 4 is 17.9 Å². The summed E-state index contributed by atoms with van der Waals surface area (Å²) in [6.07, 6.45) is 85.9. The Labute approximate surface area is 455 Å². The van der Waals surface area contributed by atoms with Gasteiger partial charge < -0.3 is 14.2 Å². The van der Waals surface area contributed by atoms with E-state index in [0.717, 1.165) is 161 Å². The minimum absolute atomic E-state index is 0.0963. The largest absolute Gasteiger partial charge is 0.462 e. The second kappa shape index (κ2) is 61.1. The normalized spacial score (nSPS) is 13.1. The number of esters is 3. The number of allylic oxidation sites excluding steroid dienone is 22. The van der Waals surface area contributed by atoms with Gasteiger partial charge in [-0.05, 0) is 135 Å². The number of ether oxygens (including phenoxy) is 3. The molecule has 0 aromatic heterocycles. The van der Waals surface area contributed by atoms with Crippen LogP contribution < -0.4 is 0 Å². The van der Waals surface area contributed by atoms with Crippen LogP contribution in [0.15, 0.2) is 134 Å². The molecule has 0 bridgehead atoms. The van der Waals surface area contributed by atoms with Crippen LogP contribution in [-0.2, 0) is 28.6 Å². The molecular weight excluding hydrogens is 913 g/mol. The van der Waals surface area contributed by atoms with E-state index in [2.05, 4.69) is 154 Å². The molecule has 0 radical (unpaired) electrons. The molecule has 0 saturated heterocycles. The van der Waals surface area contributed by atoms with Crippen LogP contribution in [0.2, 0.25) is 0 Å². The van der Waals surface area contributed by atoms with E-state index in [0.29, 0.717) is 19.3 Å². The molecule has 0 fully saturated rings. The molecule has 0 amide bonds. The van der Waals surface area contributed by atoms with Crippen molar-refractivity contribution in [3.8, 4) is 0 Å². The summed E-state index contributed by atoms with van der Waals surface area (Å²) in [4.78, 5) is 38.2. The standard InChI is InChI=1S/C68H110O6/c1-4-7-10-13-16-19-22-25-27-28-29-30-31-32-33-34-35-36-37-38-39-40-42-43-46-49-52-55-58-61-67(70)73-64-65(63-72-66(69)60-57-54-51-48-45-24-21-18-15-12-9-6-3)74-68(71)62-59-56-53-50-47-44-41-26-23-20-17-14-11-8-5-2/h7-8,10-11,16-21,25-27,29-30,32-33,35-36,38-39,41,65H,4-6,9,12-15,22-24,28,31,34,37,40,42-64H2,1-3H3/b10-7-,11-8-,19-16-,20-17-,21-18-,27-25-,30-29-,33-32-,36-35-,39-38-,41-26-. The smallest absolute Gasteiger partial charge is 0.306 e. The Bertz CT molecular complexity index is 1600. The van der Waals surface area contributed by atoms with Crippen molar-refractivity contribution in [1.82, 2.24) is 0 Å². The molecule has 6 heteroatoms. The Morgan fingerprint density at radius 2 is 0.527 bits per heavy atom. The molecule has 1 atom stereocenters. The Morgan fingerprint density at radius 3 is 0.838 bits per heavy atom. The molecule has 0 aromatic carbocycles. The molecule has 74 heavy (non-hydrogen) atoms. The third-order valence-corrected chi connectivity index (χ3v) is 12.4. The van der Waals surface area contributed by atoms with Gasteiger partial charge in [0.15, 0.2) is 6.10 Å². The van der Waals surface area contributed by atoms with Gasteiger partial charge in [0.2, 0.25) is 0 Å². The van der Waals surface area contributed by atoms with Crippen LogP contribution in [-0.4, -0.2) is 37.2 Å². The number of carbonyl (C=O) groups is 3. The van der Waals surface area contributed by atoms with Crippen molar-refractivity contribution in [1.29, 1.82) is 0 Å². The number of hydrogen-bond donors (Lipinski definition) is 0. The minimum atomic E-state index is -0.800. The summed E-state index contributed by atoms with van der Waals surface area (Å²) in [6, 6.07) is 0. The zero-order valence-corrected chi connectivity index (χ0v) is 47.8. The van der Waals surface area contributed by atoms with Crippen molar-refractivity contribution in [2.45, 2.75) is 264 Å². The molecule has 0 aliphatic carbocycles. The van der Waals surface area contributed by atoms with E-state index in [1.165, 1.54) is 57.8 Å². The summed E-state index contributed by atoms with van der Waals surface area (Å²) in [6.45, 7) is 6.35. The number of unbranched alkanes of at least 4 members (excludes halogenated alkanes) is 20. The SMILES string of the molecule is CC/C=C\C/C=C\C/C=C\C/C=C\C/C=C\C/C=C\C/C=C\CCCCCCCCCC(=O)OCC(COC(=O)CCCCCCC/C=C\CCCCC)OC(=O)CCCCCCC/C=C\C/C=C\C/C=C\CC. The average molecular weight is 1020 g/mol. The van der Waals surface area contributed by atoms with Crippen molar-refractivity contribution in [3.63, 3.8) is 0 Å². The van der Waals surface area contributed by atoms with Crippen LogP contribution in [0.1, 0.15) is 258 Å². The lowest BCUT2D eigenvalue weighted by Crippen LogP contribution is -2.30. The third-order valence-electron chi connectivity index (χ3n) is 12.4. The number of rotatable bonds is 53. The highest BCUT2D eigenvalue weighted by molar-refractivity contribution is 5.71. The van der Waals surface area contributed by atoms with Crippen LogP contribution in [0.5, 0.6) is 0 Å². The Kier molecular flexibility index (Phi) is 57.4. The lowest BCUT2D eigenvalue weighted by Gasteiger charge is -2.18. The second-order valence-corrected chi connectivity index (χ2v) is 19.5. The van der Waals surface area contributed by atoms with Crippen LogP contribution >= 0.6 is 0 Å². The first kappa shape index (κ1) is 69.5. The first-order chi connectivity index (χ1) is 36.5. The highest BCUT2D eigenvalue weighted by Gasteiger charge is 2.19. The van der Waals surface area contributed by atoms with Gasteiger partial charge in [-0.1, -0.05) is 238 Å². The molecule has 0 spiro atoms. The first-order valence-corrected chi connectivity index (χ1v) is 30.2. The summed E-state index contributed by atoms with van der Waals surface area (Å²) in [7, 11) is 0. The monoisotopic (exact) mass is 1020 g/mol. The average Bonchev–Trinajstić information content (AvgIpc) is 3.40. The lowest BCUT2D eigenvalue weighted by atomic mass is 10.1. The van der Waals surface area contributed by atoms with E-state index in [9.17, 15) is 14.4 Å². The van der Waals surface area contributed by atoms with E-state index in [1.807, 2.05) is 0 Å². The van der Waals surface area contributed by atoms with E-state index in [-0.39, 0.29) is 31.1 Å². The van der Waals surface area contributed by atoms with Gasteiger partial charge in [0.25, 0.3) is 0 Å². The quantitative estimate of drug-likeness (QED) is 0.0261. The summed E-state index contributed by atoms with van der Waals surface area (Å²) < 4.78 is 16.8. The van der Waals surface area contributed by atoms with E-state index < -0.39 is 6.10 Å². The van der Waals surface area contributed by atoms with Crippen LogP contribution in [0.4, 0.5) is 0 Å². The predicted molar refractivity (Wildman–Crippen MR) is 320 cm³/mol. The van der Waals surface area contributed by atoms with Crippen molar-refractivity contribution in [3.05, 3.63) is 134 Å². The molecule has 1 unspecified atom stereocenters. The van der Waals surface area contributed by atoms with Gasteiger partial charge in [-0.25, -0.2) is 0 Å². The van der Waals surface area contributed by atoms with Gasteiger partial charge in [-0.15, -0.1) is 0 Å². The second-order valence-electron chi connectivity index (χ2n) is 19.5. The van der Waals surface area contributed by atoms with Crippen molar-refractivity contribution in [2.24, 2.45) is 0 Å². The molecule has 6 nitrogen and oxygen atoms in total. The van der Waals surface area contributed by atoms with Crippen molar-refractivity contribution < 1.29 is 28.6 Å². The Hall–Kier alpha value is -4.45. The van der Waals surface area contributed by atoms with Crippen LogP contribution in [0.25, 0.3) is 0 Å². The highest BCUT2D eigenvalue weighted by atomic mass is 16.6. The van der Waals surface area contributed by atoms with Gasteiger partial charge in [0.05, 0.1) is 0 Å². The fraction of sp³-hybridized carbons (Fsp3) is 0.632. The zero-order chi connectivity index (χ0) is 53.6. The van der Waals surface area contributed by atoms with Crippen LogP contribution in [0.3, 0.4) is 0 Å². The number of carbonyl (C=O) groups excluding carboxylic acids is 3. The lowest BCUT2D eigenvalue weighted by molar-refractivity contribution is -0.167. The van der Waals surface area contributed by atoms with E-state index >= 15 is 0 Å². The van der Waals surface area contributed by atoms with E-state index in [1.54, 1.807) is 0 Å². The minimum Gasteiger partial charge on any atom is -0.462 e. The summed E-state index contributed by atoms with van der Waals surface area (Å²) in [5.41, 5.74) is 0. The summed E-state index contributed by atoms with van der Waals surface area (Å²) >= 11 is 0. The van der Waals surface area contributed by atoms with Gasteiger partial charge >= 0.3 is 17.9 Å². The maximum absolute atomic E-state index is 12.8. The maximum atomic E-state index is 12.8. The molecular formula is C68H110O6. The fourth-order valence-corrected chi connectivity index (χ4v) is 7.90. The molecule has 0 saturated carbocycles. The molecule has 418 valence electrons. The highest BCUT2D eigenvalue weighted by Crippen LogP contribution is 2.14. The molecule has 0 aliphatic heterocycles. The van der Waals surface area contributed by atoms with Gasteiger partial charge in [0.1, 0.15) is 13.2 Å². The topological polar surface area (TPSA) is 78.9 Å².